The number of anilines is 1. The van der Waals surface area contributed by atoms with Crippen molar-refractivity contribution in [2.75, 3.05) is 31.6 Å². The van der Waals surface area contributed by atoms with Gasteiger partial charge in [-0.1, -0.05) is 13.8 Å². The van der Waals surface area contributed by atoms with Crippen molar-refractivity contribution in [3.63, 3.8) is 0 Å². The summed E-state index contributed by atoms with van der Waals surface area (Å²) in [7, 11) is 1.79. The van der Waals surface area contributed by atoms with E-state index in [4.69, 9.17) is 4.74 Å². The van der Waals surface area contributed by atoms with E-state index in [0.717, 1.165) is 44.7 Å². The summed E-state index contributed by atoms with van der Waals surface area (Å²) < 4.78 is 5.46. The molecule has 0 aliphatic carbocycles. The Morgan fingerprint density at radius 3 is 2.43 bits per heavy atom. The molecule has 0 radical (unpaired) electrons. The second-order valence-corrected chi connectivity index (χ2v) is 9.82. The normalized spacial score (nSPS) is 16.3. The maximum absolute atomic E-state index is 12.3. The van der Waals surface area contributed by atoms with Gasteiger partial charge in [0.1, 0.15) is 5.60 Å². The molecule has 0 saturated carbocycles. The number of carbonyl (C=O) groups is 1. The number of hydrogen-bond donors (Lipinski definition) is 3. The van der Waals surface area contributed by atoms with Gasteiger partial charge in [-0.05, 0) is 64.0 Å². The minimum atomic E-state index is -0.514. The molecule has 0 bridgehead atoms. The molecule has 0 atom stereocenters. The highest BCUT2D eigenvalue weighted by Gasteiger charge is 2.31. The second kappa shape index (κ2) is 10.9. The SMILES string of the molecule is CCC(CC)(CNC(=NC)NC1CCN(c2cccs2)CC1)NC(=O)OC(C)(C)C. The number of ether oxygens (including phenoxy) is 1. The van der Waals surface area contributed by atoms with Gasteiger partial charge in [0.2, 0.25) is 0 Å². The van der Waals surface area contributed by atoms with Crippen molar-refractivity contribution in [1.29, 1.82) is 0 Å². The fourth-order valence-electron chi connectivity index (χ4n) is 3.58. The highest BCUT2D eigenvalue weighted by atomic mass is 32.1. The van der Waals surface area contributed by atoms with Crippen LogP contribution in [-0.2, 0) is 4.74 Å². The zero-order chi connectivity index (χ0) is 22.2. The van der Waals surface area contributed by atoms with E-state index >= 15 is 0 Å². The predicted molar refractivity (Wildman–Crippen MR) is 127 cm³/mol. The molecule has 1 fully saturated rings. The van der Waals surface area contributed by atoms with Gasteiger partial charge in [0.25, 0.3) is 0 Å². The van der Waals surface area contributed by atoms with Crippen molar-refractivity contribution in [3.8, 4) is 0 Å². The minimum absolute atomic E-state index is 0.378. The van der Waals surface area contributed by atoms with E-state index in [2.05, 4.69) is 57.2 Å². The van der Waals surface area contributed by atoms with Crippen LogP contribution in [0.25, 0.3) is 0 Å². The first-order valence-electron chi connectivity index (χ1n) is 11.0. The number of thiophene rings is 1. The number of aliphatic imine (C=N–C) groups is 1. The molecule has 0 unspecified atom stereocenters. The lowest BCUT2D eigenvalue weighted by molar-refractivity contribution is 0.0448. The summed E-state index contributed by atoms with van der Waals surface area (Å²) in [5, 5.41) is 13.5. The van der Waals surface area contributed by atoms with Crippen molar-refractivity contribution >= 4 is 28.4 Å². The summed E-state index contributed by atoms with van der Waals surface area (Å²) in [6.07, 6.45) is 3.36. The van der Waals surface area contributed by atoms with Gasteiger partial charge >= 0.3 is 6.09 Å². The fraction of sp³-hybridized carbons (Fsp3) is 0.727. The van der Waals surface area contributed by atoms with E-state index in [-0.39, 0.29) is 11.6 Å². The molecule has 7 nitrogen and oxygen atoms in total. The van der Waals surface area contributed by atoms with Crippen LogP contribution in [0.3, 0.4) is 0 Å². The van der Waals surface area contributed by atoms with Crippen LogP contribution < -0.4 is 20.9 Å². The summed E-state index contributed by atoms with van der Waals surface area (Å²) in [5.41, 5.74) is -0.900. The molecule has 8 heteroatoms. The number of alkyl carbamates (subject to hydrolysis) is 1. The molecule has 2 rings (SSSR count). The molecule has 1 saturated heterocycles. The van der Waals surface area contributed by atoms with Crippen molar-refractivity contribution < 1.29 is 9.53 Å². The van der Waals surface area contributed by atoms with Gasteiger partial charge in [-0.3, -0.25) is 4.99 Å². The van der Waals surface area contributed by atoms with E-state index in [1.54, 1.807) is 18.4 Å². The average Bonchev–Trinajstić information content (AvgIpc) is 3.24. The molecule has 1 amide bonds. The number of guanidine groups is 1. The molecule has 1 aromatic rings. The summed E-state index contributed by atoms with van der Waals surface area (Å²) >= 11 is 1.80. The van der Waals surface area contributed by atoms with E-state index < -0.39 is 5.60 Å². The van der Waals surface area contributed by atoms with Gasteiger partial charge < -0.3 is 25.6 Å². The number of nitrogens with one attached hydrogen (secondary N) is 3. The van der Waals surface area contributed by atoms with Crippen LogP contribution in [-0.4, -0.2) is 55.9 Å². The molecule has 0 spiro atoms. The topological polar surface area (TPSA) is 78.0 Å². The van der Waals surface area contributed by atoms with E-state index in [1.165, 1.54) is 5.00 Å². The van der Waals surface area contributed by atoms with E-state index in [0.29, 0.717) is 12.6 Å². The Morgan fingerprint density at radius 1 is 1.27 bits per heavy atom. The average molecular weight is 438 g/mol. The zero-order valence-electron chi connectivity index (χ0n) is 19.4. The highest BCUT2D eigenvalue weighted by molar-refractivity contribution is 7.14. The molecule has 170 valence electrons. The van der Waals surface area contributed by atoms with Gasteiger partial charge in [-0.2, -0.15) is 0 Å². The quantitative estimate of drug-likeness (QED) is 0.444. The van der Waals surface area contributed by atoms with Gasteiger partial charge in [0.05, 0.1) is 10.5 Å². The van der Waals surface area contributed by atoms with Crippen LogP contribution in [0.4, 0.5) is 9.80 Å². The predicted octanol–water partition coefficient (Wildman–Crippen LogP) is 3.97. The lowest BCUT2D eigenvalue weighted by Gasteiger charge is -2.36. The van der Waals surface area contributed by atoms with Crippen LogP contribution in [0.5, 0.6) is 0 Å². The third-order valence-corrected chi connectivity index (χ3v) is 6.52. The van der Waals surface area contributed by atoms with Crippen LogP contribution in [0, 0.1) is 0 Å². The fourth-order valence-corrected chi connectivity index (χ4v) is 4.36. The Morgan fingerprint density at radius 2 is 1.93 bits per heavy atom. The number of nitrogens with zero attached hydrogens (tertiary/aromatic N) is 2. The van der Waals surface area contributed by atoms with Crippen molar-refractivity contribution in [2.24, 2.45) is 4.99 Å². The molecular weight excluding hydrogens is 398 g/mol. The van der Waals surface area contributed by atoms with Gasteiger partial charge in [0, 0.05) is 32.7 Å². The van der Waals surface area contributed by atoms with Crippen molar-refractivity contribution in [3.05, 3.63) is 17.5 Å². The maximum atomic E-state index is 12.3. The monoisotopic (exact) mass is 437 g/mol. The van der Waals surface area contributed by atoms with E-state index in [9.17, 15) is 4.79 Å². The number of carbonyl (C=O) groups excluding carboxylic acids is 1. The first kappa shape index (κ1) is 24.3. The first-order chi connectivity index (χ1) is 14.2. The zero-order valence-corrected chi connectivity index (χ0v) is 20.2. The van der Waals surface area contributed by atoms with Crippen molar-refractivity contribution in [2.45, 2.75) is 77.5 Å². The second-order valence-electron chi connectivity index (χ2n) is 8.90. The Balaban J connectivity index is 1.85. The molecule has 30 heavy (non-hydrogen) atoms. The highest BCUT2D eigenvalue weighted by Crippen LogP contribution is 2.24. The van der Waals surface area contributed by atoms with Gasteiger partial charge in [-0.15, -0.1) is 11.3 Å². The summed E-state index contributed by atoms with van der Waals surface area (Å²) in [6, 6.07) is 4.68. The number of amides is 1. The number of piperidine rings is 1. The Hall–Kier alpha value is -1.96. The van der Waals surface area contributed by atoms with Crippen LogP contribution >= 0.6 is 11.3 Å². The van der Waals surface area contributed by atoms with Gasteiger partial charge in [-0.25, -0.2) is 4.79 Å². The number of rotatable bonds is 7. The van der Waals surface area contributed by atoms with Crippen LogP contribution in [0.1, 0.15) is 60.3 Å². The van der Waals surface area contributed by atoms with Crippen LogP contribution in [0.15, 0.2) is 22.5 Å². The molecule has 2 heterocycles. The molecule has 3 N–H and O–H groups in total. The Bertz CT molecular complexity index is 672. The molecule has 0 aromatic carbocycles. The third kappa shape index (κ3) is 7.38. The Labute approximate surface area is 185 Å². The van der Waals surface area contributed by atoms with Gasteiger partial charge in [0.15, 0.2) is 5.96 Å². The maximum Gasteiger partial charge on any atom is 0.408 e. The lowest BCUT2D eigenvalue weighted by Crippen LogP contribution is -2.58. The van der Waals surface area contributed by atoms with E-state index in [1.807, 2.05) is 20.8 Å². The standard InChI is InChI=1S/C22H39N5O2S/c1-7-22(8-2,26-20(28)29-21(3,4)5)16-24-19(23-6)25-17-11-13-27(14-12-17)18-10-9-15-30-18/h9-10,15,17H,7-8,11-14,16H2,1-6H3,(H,26,28)(H2,23,24,25). The summed E-state index contributed by atoms with van der Waals surface area (Å²) in [4.78, 5) is 19.2. The minimum Gasteiger partial charge on any atom is -0.444 e. The third-order valence-electron chi connectivity index (χ3n) is 5.59. The summed E-state index contributed by atoms with van der Waals surface area (Å²) in [5.74, 6) is 0.779. The molecule has 1 aliphatic rings. The smallest absolute Gasteiger partial charge is 0.408 e. The van der Waals surface area contributed by atoms with Crippen LogP contribution in [0.2, 0.25) is 0 Å². The van der Waals surface area contributed by atoms with Crippen molar-refractivity contribution in [1.82, 2.24) is 16.0 Å². The first-order valence-corrected chi connectivity index (χ1v) is 11.8. The molecular formula is C22H39N5O2S. The molecule has 1 aliphatic heterocycles. The summed E-state index contributed by atoms with van der Waals surface area (Å²) in [6.45, 7) is 12.5. The number of hydrogen-bond acceptors (Lipinski definition) is 5. The Kier molecular flexibility index (Phi) is 8.82. The largest absolute Gasteiger partial charge is 0.444 e. The lowest BCUT2D eigenvalue weighted by atomic mass is 9.93. The molecule has 1 aromatic heterocycles.